The number of nitrogens with one attached hydrogen (secondary N) is 1. The standard InChI is InChI=1S/C24H29Cl2NO3/c1-15(2)20(14-27-22(28)16-6-10-18(25)11-7-16)21(24(3,4)5)30-23(29)17-8-12-19(26)13-9-17/h6-13,15,20-21H,14H2,1-5H3,(H,27,28). The Morgan fingerprint density at radius 1 is 0.900 bits per heavy atom. The number of benzene rings is 2. The molecule has 2 aromatic rings. The molecule has 0 saturated heterocycles. The fourth-order valence-electron chi connectivity index (χ4n) is 3.28. The van der Waals surface area contributed by atoms with Crippen molar-refractivity contribution in [2.24, 2.45) is 17.3 Å². The van der Waals surface area contributed by atoms with Gasteiger partial charge in [0.25, 0.3) is 5.91 Å². The Labute approximate surface area is 188 Å². The molecular formula is C24H29Cl2NO3. The Bertz CT molecular complexity index is 856. The maximum atomic E-state index is 12.8. The van der Waals surface area contributed by atoms with Crippen LogP contribution in [0.25, 0.3) is 0 Å². The van der Waals surface area contributed by atoms with Gasteiger partial charge in [-0.05, 0) is 59.9 Å². The fraction of sp³-hybridized carbons (Fsp3) is 0.417. The minimum Gasteiger partial charge on any atom is -0.458 e. The molecule has 4 nitrogen and oxygen atoms in total. The van der Waals surface area contributed by atoms with Gasteiger partial charge in [0.05, 0.1) is 5.56 Å². The van der Waals surface area contributed by atoms with Gasteiger partial charge < -0.3 is 10.1 Å². The molecule has 0 bridgehead atoms. The first-order chi connectivity index (χ1) is 14.0. The normalized spacial score (nSPS) is 13.6. The van der Waals surface area contributed by atoms with E-state index in [2.05, 4.69) is 19.2 Å². The summed E-state index contributed by atoms with van der Waals surface area (Å²) in [5.41, 5.74) is 0.663. The van der Waals surface area contributed by atoms with Crippen LogP contribution in [0.1, 0.15) is 55.3 Å². The molecule has 2 aromatic carbocycles. The Balaban J connectivity index is 2.16. The van der Waals surface area contributed by atoms with Gasteiger partial charge in [-0.15, -0.1) is 0 Å². The molecule has 2 unspecified atom stereocenters. The summed E-state index contributed by atoms with van der Waals surface area (Å²) < 4.78 is 5.97. The van der Waals surface area contributed by atoms with E-state index in [1.54, 1.807) is 48.5 Å². The molecule has 0 aromatic heterocycles. The second-order valence-corrected chi connectivity index (χ2v) is 9.70. The lowest BCUT2D eigenvalue weighted by Gasteiger charge is -2.38. The number of rotatable bonds is 7. The highest BCUT2D eigenvalue weighted by atomic mass is 35.5. The molecule has 2 atom stereocenters. The number of halogens is 2. The van der Waals surface area contributed by atoms with E-state index in [0.29, 0.717) is 27.7 Å². The predicted octanol–water partition coefficient (Wildman–Crippen LogP) is 6.27. The zero-order chi connectivity index (χ0) is 22.5. The molecule has 6 heteroatoms. The summed E-state index contributed by atoms with van der Waals surface area (Å²) >= 11 is 11.8. The molecule has 0 heterocycles. The summed E-state index contributed by atoms with van der Waals surface area (Å²) in [6.45, 7) is 10.6. The Kier molecular flexibility index (Phi) is 8.34. The second kappa shape index (κ2) is 10.3. The van der Waals surface area contributed by atoms with Crippen molar-refractivity contribution in [1.29, 1.82) is 0 Å². The lowest BCUT2D eigenvalue weighted by Crippen LogP contribution is -2.46. The zero-order valence-corrected chi connectivity index (χ0v) is 19.6. The zero-order valence-electron chi connectivity index (χ0n) is 18.0. The Morgan fingerprint density at radius 3 is 1.80 bits per heavy atom. The molecule has 30 heavy (non-hydrogen) atoms. The minimum absolute atomic E-state index is 0.0718. The molecule has 0 fully saturated rings. The summed E-state index contributed by atoms with van der Waals surface area (Å²) in [5, 5.41) is 4.12. The highest BCUT2D eigenvalue weighted by Crippen LogP contribution is 2.33. The largest absolute Gasteiger partial charge is 0.458 e. The van der Waals surface area contributed by atoms with Crippen LogP contribution in [0.5, 0.6) is 0 Å². The van der Waals surface area contributed by atoms with E-state index in [1.165, 1.54) is 0 Å². The monoisotopic (exact) mass is 449 g/mol. The molecule has 1 N–H and O–H groups in total. The lowest BCUT2D eigenvalue weighted by atomic mass is 9.76. The van der Waals surface area contributed by atoms with Crippen molar-refractivity contribution in [1.82, 2.24) is 5.32 Å². The Hall–Kier alpha value is -2.04. The molecule has 0 aliphatic heterocycles. The summed E-state index contributed by atoms with van der Waals surface area (Å²) in [5.74, 6) is -0.481. The van der Waals surface area contributed by atoms with Crippen molar-refractivity contribution in [3.05, 3.63) is 69.7 Å². The molecule has 1 amide bonds. The van der Waals surface area contributed by atoms with Crippen LogP contribution >= 0.6 is 23.2 Å². The smallest absolute Gasteiger partial charge is 0.338 e. The van der Waals surface area contributed by atoms with E-state index in [0.717, 1.165) is 0 Å². The van der Waals surface area contributed by atoms with E-state index in [4.69, 9.17) is 27.9 Å². The number of hydrogen-bond acceptors (Lipinski definition) is 3. The first kappa shape index (κ1) is 24.2. The van der Waals surface area contributed by atoms with E-state index >= 15 is 0 Å². The van der Waals surface area contributed by atoms with Gasteiger partial charge in [-0.2, -0.15) is 0 Å². The topological polar surface area (TPSA) is 55.4 Å². The SMILES string of the molecule is CC(C)C(CNC(=O)c1ccc(Cl)cc1)C(OC(=O)c1ccc(Cl)cc1)C(C)(C)C. The van der Waals surface area contributed by atoms with Crippen molar-refractivity contribution in [2.45, 2.75) is 40.7 Å². The van der Waals surface area contributed by atoms with Gasteiger partial charge in [0.15, 0.2) is 0 Å². The first-order valence-corrected chi connectivity index (χ1v) is 10.7. The average molecular weight is 450 g/mol. The van der Waals surface area contributed by atoms with Crippen molar-refractivity contribution < 1.29 is 14.3 Å². The van der Waals surface area contributed by atoms with Crippen LogP contribution in [0.4, 0.5) is 0 Å². The molecule has 0 spiro atoms. The minimum atomic E-state index is -0.402. The van der Waals surface area contributed by atoms with Crippen molar-refractivity contribution in [3.8, 4) is 0 Å². The van der Waals surface area contributed by atoms with E-state index in [-0.39, 0.29) is 23.2 Å². The quantitative estimate of drug-likeness (QED) is 0.506. The van der Waals surface area contributed by atoms with Crippen LogP contribution in [0.3, 0.4) is 0 Å². The van der Waals surface area contributed by atoms with Gasteiger partial charge in [-0.25, -0.2) is 4.79 Å². The van der Waals surface area contributed by atoms with Crippen LogP contribution in [-0.2, 0) is 4.74 Å². The molecule has 0 aliphatic rings. The van der Waals surface area contributed by atoms with Crippen LogP contribution in [-0.4, -0.2) is 24.5 Å². The summed E-state index contributed by atoms with van der Waals surface area (Å²) in [4.78, 5) is 25.3. The second-order valence-electron chi connectivity index (χ2n) is 8.82. The van der Waals surface area contributed by atoms with E-state index < -0.39 is 12.1 Å². The van der Waals surface area contributed by atoms with Gasteiger partial charge in [0.2, 0.25) is 0 Å². The van der Waals surface area contributed by atoms with Crippen LogP contribution < -0.4 is 5.32 Å². The number of carbonyl (C=O) groups excluding carboxylic acids is 2. The summed E-state index contributed by atoms with van der Waals surface area (Å²) in [6.07, 6.45) is -0.397. The van der Waals surface area contributed by atoms with E-state index in [1.807, 2.05) is 20.8 Å². The van der Waals surface area contributed by atoms with Crippen LogP contribution in [0.2, 0.25) is 10.0 Å². The third-order valence-corrected chi connectivity index (χ3v) is 5.52. The first-order valence-electron chi connectivity index (χ1n) is 9.99. The van der Waals surface area contributed by atoms with Gasteiger partial charge in [0.1, 0.15) is 6.10 Å². The number of amides is 1. The highest BCUT2D eigenvalue weighted by Gasteiger charge is 2.37. The van der Waals surface area contributed by atoms with Gasteiger partial charge in [-0.3, -0.25) is 4.79 Å². The summed E-state index contributed by atoms with van der Waals surface area (Å²) in [6, 6.07) is 13.4. The molecule has 2 rings (SSSR count). The van der Waals surface area contributed by atoms with Gasteiger partial charge in [0, 0.05) is 28.1 Å². The van der Waals surface area contributed by atoms with E-state index in [9.17, 15) is 9.59 Å². The lowest BCUT2D eigenvalue weighted by molar-refractivity contribution is -0.0384. The van der Waals surface area contributed by atoms with Crippen molar-refractivity contribution >= 4 is 35.1 Å². The predicted molar refractivity (Wildman–Crippen MR) is 122 cm³/mol. The molecule has 0 saturated carbocycles. The third kappa shape index (κ3) is 6.75. The average Bonchev–Trinajstić information content (AvgIpc) is 2.67. The number of esters is 1. The summed E-state index contributed by atoms with van der Waals surface area (Å²) in [7, 11) is 0. The number of carbonyl (C=O) groups is 2. The van der Waals surface area contributed by atoms with Gasteiger partial charge >= 0.3 is 5.97 Å². The van der Waals surface area contributed by atoms with Crippen LogP contribution in [0.15, 0.2) is 48.5 Å². The highest BCUT2D eigenvalue weighted by molar-refractivity contribution is 6.31. The van der Waals surface area contributed by atoms with Crippen molar-refractivity contribution in [2.75, 3.05) is 6.54 Å². The maximum absolute atomic E-state index is 12.8. The van der Waals surface area contributed by atoms with Gasteiger partial charge in [-0.1, -0.05) is 57.8 Å². The maximum Gasteiger partial charge on any atom is 0.338 e. The fourth-order valence-corrected chi connectivity index (χ4v) is 3.53. The van der Waals surface area contributed by atoms with Crippen LogP contribution in [0, 0.1) is 17.3 Å². The molecule has 0 aliphatic carbocycles. The third-order valence-electron chi connectivity index (χ3n) is 5.02. The Morgan fingerprint density at radius 2 is 1.37 bits per heavy atom. The van der Waals surface area contributed by atoms with Crippen molar-refractivity contribution in [3.63, 3.8) is 0 Å². The number of hydrogen-bond donors (Lipinski definition) is 1. The molecule has 0 radical (unpaired) electrons. The number of ether oxygens (including phenoxy) is 1. The molecular weight excluding hydrogens is 421 g/mol. The molecule has 162 valence electrons.